The number of allylic oxidation sites excluding steroid dienone is 1. The van der Waals surface area contributed by atoms with Crippen molar-refractivity contribution < 1.29 is 4.79 Å². The van der Waals surface area contributed by atoms with Gasteiger partial charge in [0.2, 0.25) is 0 Å². The molecule has 1 aliphatic rings. The molecule has 0 aliphatic heterocycles. The van der Waals surface area contributed by atoms with Crippen LogP contribution in [0.4, 0.5) is 0 Å². The van der Waals surface area contributed by atoms with Crippen LogP contribution in [0.1, 0.15) is 39.0 Å². The molecule has 1 fully saturated rings. The van der Waals surface area contributed by atoms with E-state index in [0.717, 1.165) is 25.7 Å². The topological polar surface area (TPSA) is 17.1 Å². The van der Waals surface area contributed by atoms with Crippen LogP contribution in [0.25, 0.3) is 0 Å². The number of carbonyl (C=O) groups excluding carboxylic acids is 1. The molecule has 0 amide bonds. The van der Waals surface area contributed by atoms with Gasteiger partial charge in [-0.05, 0) is 19.3 Å². The average Bonchev–Trinajstić information content (AvgIpc) is 1.94. The second-order valence-corrected chi connectivity index (χ2v) is 4.42. The zero-order chi connectivity index (χ0) is 9.19. The lowest BCUT2D eigenvalue weighted by atomic mass is 9.72. The minimum absolute atomic E-state index is 0.211. The summed E-state index contributed by atoms with van der Waals surface area (Å²) in [6, 6.07) is 0. The first-order chi connectivity index (χ1) is 5.54. The van der Waals surface area contributed by atoms with E-state index in [0.29, 0.717) is 17.2 Å². The highest BCUT2D eigenvalue weighted by Crippen LogP contribution is 2.38. The predicted octanol–water partition coefficient (Wildman–Crippen LogP) is 3.28. The van der Waals surface area contributed by atoms with Gasteiger partial charge in [-0.15, -0.1) is 0 Å². The molecule has 2 heteroatoms. The van der Waals surface area contributed by atoms with Crippen LogP contribution in [0, 0.1) is 5.41 Å². The molecular weight excluding hydrogens is 172 g/mol. The van der Waals surface area contributed by atoms with Crippen molar-refractivity contribution in [3.05, 3.63) is 11.6 Å². The highest BCUT2D eigenvalue weighted by atomic mass is 35.5. The van der Waals surface area contributed by atoms with Gasteiger partial charge in [-0.2, -0.15) is 0 Å². The minimum atomic E-state index is -0.211. The summed E-state index contributed by atoms with van der Waals surface area (Å²) in [5, 5.41) is 0.604. The van der Waals surface area contributed by atoms with E-state index < -0.39 is 0 Å². The van der Waals surface area contributed by atoms with E-state index in [9.17, 15) is 4.79 Å². The van der Waals surface area contributed by atoms with Crippen molar-refractivity contribution in [2.24, 2.45) is 5.41 Å². The van der Waals surface area contributed by atoms with Crippen molar-refractivity contribution in [1.82, 2.24) is 0 Å². The highest BCUT2D eigenvalue weighted by Gasteiger charge is 2.34. The molecule has 12 heavy (non-hydrogen) atoms. The first-order valence-corrected chi connectivity index (χ1v) is 4.79. The summed E-state index contributed by atoms with van der Waals surface area (Å²) in [5.41, 5.74) is -0.211. The Hall–Kier alpha value is -0.300. The molecule has 1 rings (SSSR count). The summed E-state index contributed by atoms with van der Waals surface area (Å²) >= 11 is 5.72. The molecule has 1 aliphatic carbocycles. The lowest BCUT2D eigenvalue weighted by Crippen LogP contribution is -2.30. The smallest absolute Gasteiger partial charge is 0.139 e. The van der Waals surface area contributed by atoms with Crippen molar-refractivity contribution in [3.63, 3.8) is 0 Å². The van der Waals surface area contributed by atoms with Crippen LogP contribution in [0.2, 0.25) is 0 Å². The molecule has 0 aromatic heterocycles. The molecule has 0 aromatic carbocycles. The second-order valence-electron chi connectivity index (χ2n) is 3.88. The second kappa shape index (κ2) is 3.61. The van der Waals surface area contributed by atoms with E-state index in [-0.39, 0.29) is 5.41 Å². The Morgan fingerprint density at radius 3 is 2.83 bits per heavy atom. The predicted molar refractivity (Wildman–Crippen MR) is 51.2 cm³/mol. The number of hydrogen-bond acceptors (Lipinski definition) is 1. The molecule has 68 valence electrons. The van der Waals surface area contributed by atoms with Gasteiger partial charge in [0.05, 0.1) is 0 Å². The van der Waals surface area contributed by atoms with Crippen molar-refractivity contribution in [1.29, 1.82) is 0 Å². The van der Waals surface area contributed by atoms with Crippen LogP contribution in [0.15, 0.2) is 11.6 Å². The van der Waals surface area contributed by atoms with Gasteiger partial charge >= 0.3 is 0 Å². The van der Waals surface area contributed by atoms with Crippen molar-refractivity contribution in [3.8, 4) is 0 Å². The molecule has 0 heterocycles. The molecule has 0 N–H and O–H groups in total. The Labute approximate surface area is 78.8 Å². The maximum atomic E-state index is 11.6. The van der Waals surface area contributed by atoms with Gasteiger partial charge in [0.15, 0.2) is 0 Å². The molecule has 0 spiro atoms. The fourth-order valence-corrected chi connectivity index (χ4v) is 2.15. The van der Waals surface area contributed by atoms with E-state index in [1.165, 1.54) is 0 Å². The fourth-order valence-electron chi connectivity index (χ4n) is 1.85. The Balaban J connectivity index is 2.66. The molecule has 1 atom stereocenters. The van der Waals surface area contributed by atoms with E-state index in [4.69, 9.17) is 11.6 Å². The summed E-state index contributed by atoms with van der Waals surface area (Å²) in [5.74, 6) is 0.357. The van der Waals surface area contributed by atoms with Gasteiger partial charge in [0, 0.05) is 16.9 Å². The van der Waals surface area contributed by atoms with Crippen LogP contribution >= 0.6 is 11.6 Å². The van der Waals surface area contributed by atoms with E-state index in [1.54, 1.807) is 0 Å². The molecule has 0 radical (unpaired) electrons. The number of rotatable bonds is 2. The Morgan fingerprint density at radius 2 is 2.33 bits per heavy atom. The van der Waals surface area contributed by atoms with Crippen LogP contribution in [0.3, 0.4) is 0 Å². The zero-order valence-electron chi connectivity index (χ0n) is 7.53. The third-order valence-electron chi connectivity index (χ3n) is 2.64. The molecule has 0 aromatic rings. The number of halogens is 1. The molecule has 1 nitrogen and oxygen atoms in total. The molecular formula is C10H15ClO. The van der Waals surface area contributed by atoms with Crippen LogP contribution in [0.5, 0.6) is 0 Å². The minimum Gasteiger partial charge on any atom is -0.299 e. The van der Waals surface area contributed by atoms with Crippen molar-refractivity contribution in [2.75, 3.05) is 0 Å². The monoisotopic (exact) mass is 186 g/mol. The van der Waals surface area contributed by atoms with Gasteiger partial charge in [0.25, 0.3) is 0 Å². The highest BCUT2D eigenvalue weighted by molar-refractivity contribution is 6.29. The van der Waals surface area contributed by atoms with Gasteiger partial charge in [-0.25, -0.2) is 0 Å². The molecule has 0 saturated heterocycles. The molecule has 0 unspecified atom stereocenters. The Bertz CT molecular complexity index is 210. The standard InChI is InChI=1S/C10H15ClO/c1-8(11)7-10(2)6-4-3-5-9(10)12/h1,3-7H2,2H3/t10-/m0/s1. The largest absolute Gasteiger partial charge is 0.299 e. The summed E-state index contributed by atoms with van der Waals surface area (Å²) in [4.78, 5) is 11.6. The molecule has 0 bridgehead atoms. The lowest BCUT2D eigenvalue weighted by Gasteiger charge is -2.31. The fraction of sp³-hybridized carbons (Fsp3) is 0.700. The number of Topliss-reactive ketones (excluding diaryl/α,β-unsaturated/α-hetero) is 1. The quantitative estimate of drug-likeness (QED) is 0.647. The average molecular weight is 187 g/mol. The van der Waals surface area contributed by atoms with E-state index in [1.807, 2.05) is 6.92 Å². The zero-order valence-corrected chi connectivity index (χ0v) is 8.28. The first-order valence-electron chi connectivity index (χ1n) is 4.41. The summed E-state index contributed by atoms with van der Waals surface area (Å²) in [6.45, 7) is 5.64. The van der Waals surface area contributed by atoms with Crippen molar-refractivity contribution >= 4 is 17.4 Å². The van der Waals surface area contributed by atoms with E-state index >= 15 is 0 Å². The number of ketones is 1. The van der Waals surface area contributed by atoms with Crippen LogP contribution < -0.4 is 0 Å². The van der Waals surface area contributed by atoms with Crippen LogP contribution in [-0.4, -0.2) is 5.78 Å². The van der Waals surface area contributed by atoms with Gasteiger partial charge < -0.3 is 0 Å². The summed E-state index contributed by atoms with van der Waals surface area (Å²) in [6.07, 6.45) is 4.53. The third kappa shape index (κ3) is 2.10. The summed E-state index contributed by atoms with van der Waals surface area (Å²) in [7, 11) is 0. The van der Waals surface area contributed by atoms with Gasteiger partial charge in [0.1, 0.15) is 5.78 Å². The Morgan fingerprint density at radius 1 is 1.67 bits per heavy atom. The molecule has 1 saturated carbocycles. The van der Waals surface area contributed by atoms with Gasteiger partial charge in [-0.1, -0.05) is 31.5 Å². The first kappa shape index (κ1) is 9.79. The normalized spacial score (nSPS) is 30.3. The van der Waals surface area contributed by atoms with Crippen LogP contribution in [-0.2, 0) is 4.79 Å². The Kier molecular flexibility index (Phi) is 2.94. The third-order valence-corrected chi connectivity index (χ3v) is 2.77. The van der Waals surface area contributed by atoms with Gasteiger partial charge in [-0.3, -0.25) is 4.79 Å². The lowest BCUT2D eigenvalue weighted by molar-refractivity contribution is -0.130. The van der Waals surface area contributed by atoms with Crippen molar-refractivity contribution in [2.45, 2.75) is 39.0 Å². The number of carbonyl (C=O) groups is 1. The number of hydrogen-bond donors (Lipinski definition) is 0. The van der Waals surface area contributed by atoms with E-state index in [2.05, 4.69) is 6.58 Å². The maximum absolute atomic E-state index is 11.6. The maximum Gasteiger partial charge on any atom is 0.139 e. The summed E-state index contributed by atoms with van der Waals surface area (Å²) < 4.78 is 0. The SMILES string of the molecule is C=C(Cl)C[C@]1(C)CCCCC1=O.